The van der Waals surface area contributed by atoms with Gasteiger partial charge in [-0.15, -0.1) is 0 Å². The molecular weight excluding hydrogens is 457 g/mol. The number of anilines is 2. The van der Waals surface area contributed by atoms with Crippen LogP contribution in [0.15, 0.2) is 61.1 Å². The number of nitrogens with two attached hydrogens (primary N) is 1. The molecule has 1 aliphatic rings. The van der Waals surface area contributed by atoms with Crippen molar-refractivity contribution in [2.45, 2.75) is 18.9 Å². The zero-order valence-electron chi connectivity index (χ0n) is 18.3. The number of nitrogen functional groups attached to an aromatic ring is 1. The van der Waals surface area contributed by atoms with Crippen molar-refractivity contribution in [3.63, 3.8) is 0 Å². The average molecular weight is 478 g/mol. The summed E-state index contributed by atoms with van der Waals surface area (Å²) in [5, 5.41) is 7.22. The molecule has 2 aromatic carbocycles. The number of benzene rings is 2. The Kier molecular flexibility index (Phi) is 5.67. The number of hydrogen-bond acceptors (Lipinski definition) is 5. The number of nitrogens with zero attached hydrogens (tertiary/aromatic N) is 3. The van der Waals surface area contributed by atoms with Crippen LogP contribution in [0, 0.1) is 5.82 Å². The van der Waals surface area contributed by atoms with E-state index in [4.69, 9.17) is 17.3 Å². The lowest BCUT2D eigenvalue weighted by atomic mass is 10.0. The molecule has 5 rings (SSSR count). The van der Waals surface area contributed by atoms with E-state index in [0.717, 1.165) is 35.2 Å². The number of halogens is 2. The molecule has 0 radical (unpaired) electrons. The number of rotatable bonds is 4. The third-order valence-corrected chi connectivity index (χ3v) is 6.28. The van der Waals surface area contributed by atoms with Crippen molar-refractivity contribution in [1.29, 1.82) is 0 Å². The fourth-order valence-corrected chi connectivity index (χ4v) is 4.43. The molecule has 4 aromatic rings. The fourth-order valence-electron chi connectivity index (χ4n) is 4.28. The van der Waals surface area contributed by atoms with Crippen LogP contribution in [-0.4, -0.2) is 28.0 Å². The summed E-state index contributed by atoms with van der Waals surface area (Å²) in [6, 6.07) is 12.4. The molecule has 34 heavy (non-hydrogen) atoms. The van der Waals surface area contributed by atoms with Gasteiger partial charge in [0, 0.05) is 40.5 Å². The first-order valence-corrected chi connectivity index (χ1v) is 11.0. The molecule has 1 unspecified atom stereocenters. The SMILES string of the molecule is COC(=O)Nc1ccc(-c2cnn(C3CCc4cc(-c5c(N)ccc(Cl)c5F)cnc43)c2)cc1. The number of methoxy groups -OCH3 is 1. The standard InChI is InChI=1S/C25H21ClFN5O2/c1-34-25(33)31-18-5-2-14(3-6-18)17-12-30-32(13-17)21-9-4-15-10-16(11-29-24(15)21)22-20(28)8-7-19(26)23(22)27/h2-3,5-8,10-13,21H,4,9,28H2,1H3,(H,31,33). The first-order chi connectivity index (χ1) is 16.4. The number of ether oxygens (including phenoxy) is 1. The van der Waals surface area contributed by atoms with Crippen LogP contribution < -0.4 is 11.1 Å². The highest BCUT2D eigenvalue weighted by atomic mass is 35.5. The number of aromatic nitrogens is 3. The molecule has 0 fully saturated rings. The summed E-state index contributed by atoms with van der Waals surface area (Å²) in [6.45, 7) is 0. The molecule has 1 atom stereocenters. The Morgan fingerprint density at radius 2 is 1.97 bits per heavy atom. The summed E-state index contributed by atoms with van der Waals surface area (Å²) in [5.41, 5.74) is 11.7. The summed E-state index contributed by atoms with van der Waals surface area (Å²) in [7, 11) is 1.32. The van der Waals surface area contributed by atoms with Crippen molar-refractivity contribution < 1.29 is 13.9 Å². The van der Waals surface area contributed by atoms with E-state index < -0.39 is 11.9 Å². The Morgan fingerprint density at radius 1 is 1.18 bits per heavy atom. The van der Waals surface area contributed by atoms with Crippen LogP contribution in [0.5, 0.6) is 0 Å². The van der Waals surface area contributed by atoms with Crippen molar-refractivity contribution >= 4 is 29.1 Å². The van der Waals surface area contributed by atoms with E-state index in [1.165, 1.54) is 13.2 Å². The first-order valence-electron chi connectivity index (χ1n) is 10.7. The highest BCUT2D eigenvalue weighted by molar-refractivity contribution is 6.31. The normalized spacial score (nSPS) is 14.6. The predicted octanol–water partition coefficient (Wildman–Crippen LogP) is 5.70. The molecular formula is C25H21ClFN5O2. The predicted molar refractivity (Wildman–Crippen MR) is 129 cm³/mol. The Labute approximate surface area is 200 Å². The minimum Gasteiger partial charge on any atom is -0.453 e. The Balaban J connectivity index is 1.39. The summed E-state index contributed by atoms with van der Waals surface area (Å²) >= 11 is 5.96. The van der Waals surface area contributed by atoms with Gasteiger partial charge in [0.05, 0.1) is 30.1 Å². The van der Waals surface area contributed by atoms with Gasteiger partial charge in [-0.05, 0) is 54.3 Å². The highest BCUT2D eigenvalue weighted by Crippen LogP contribution is 2.38. The molecule has 0 bridgehead atoms. The molecule has 2 heterocycles. The molecule has 1 aliphatic carbocycles. The van der Waals surface area contributed by atoms with E-state index in [9.17, 15) is 9.18 Å². The van der Waals surface area contributed by atoms with Gasteiger partial charge in [-0.2, -0.15) is 5.10 Å². The molecule has 172 valence electrons. The largest absolute Gasteiger partial charge is 0.453 e. The van der Waals surface area contributed by atoms with E-state index in [0.29, 0.717) is 16.9 Å². The van der Waals surface area contributed by atoms with Crippen molar-refractivity contribution in [3.8, 4) is 22.3 Å². The zero-order valence-corrected chi connectivity index (χ0v) is 19.0. The number of carbonyl (C=O) groups excluding carboxylic acids is 1. The minimum absolute atomic E-state index is 0.0142. The monoisotopic (exact) mass is 477 g/mol. The summed E-state index contributed by atoms with van der Waals surface area (Å²) in [4.78, 5) is 16.0. The fraction of sp³-hybridized carbons (Fsp3) is 0.160. The van der Waals surface area contributed by atoms with Crippen molar-refractivity contribution in [2.24, 2.45) is 0 Å². The number of amides is 1. The van der Waals surface area contributed by atoms with Gasteiger partial charge in [-0.25, -0.2) is 9.18 Å². The molecule has 0 saturated carbocycles. The van der Waals surface area contributed by atoms with Crippen LogP contribution in [0.2, 0.25) is 5.02 Å². The molecule has 0 aliphatic heterocycles. The van der Waals surface area contributed by atoms with E-state index >= 15 is 0 Å². The van der Waals surface area contributed by atoms with Crippen LogP contribution in [0.25, 0.3) is 22.3 Å². The van der Waals surface area contributed by atoms with Crippen molar-refractivity contribution in [2.75, 3.05) is 18.2 Å². The zero-order chi connectivity index (χ0) is 23.8. The number of carbonyl (C=O) groups is 1. The Morgan fingerprint density at radius 3 is 2.74 bits per heavy atom. The highest BCUT2D eigenvalue weighted by Gasteiger charge is 2.27. The molecule has 2 aromatic heterocycles. The number of hydrogen-bond donors (Lipinski definition) is 2. The lowest BCUT2D eigenvalue weighted by Gasteiger charge is -2.13. The third kappa shape index (κ3) is 3.97. The van der Waals surface area contributed by atoms with Gasteiger partial charge < -0.3 is 10.5 Å². The maximum Gasteiger partial charge on any atom is 0.411 e. The number of nitrogens with one attached hydrogen (secondary N) is 1. The number of fused-ring (bicyclic) bond motifs is 1. The third-order valence-electron chi connectivity index (χ3n) is 5.99. The Hall–Kier alpha value is -3.91. The molecule has 0 saturated heterocycles. The second-order valence-corrected chi connectivity index (χ2v) is 8.46. The first kappa shape index (κ1) is 21.9. The number of aryl methyl sites for hydroxylation is 1. The minimum atomic E-state index is -0.539. The van der Waals surface area contributed by atoms with Gasteiger partial charge in [0.25, 0.3) is 0 Å². The van der Waals surface area contributed by atoms with Gasteiger partial charge in [0.1, 0.15) is 0 Å². The smallest absolute Gasteiger partial charge is 0.411 e. The van der Waals surface area contributed by atoms with Crippen molar-refractivity contribution in [3.05, 3.63) is 83.2 Å². The topological polar surface area (TPSA) is 95.1 Å². The second kappa shape index (κ2) is 8.79. The maximum absolute atomic E-state index is 14.6. The maximum atomic E-state index is 14.6. The molecule has 7 nitrogen and oxygen atoms in total. The van der Waals surface area contributed by atoms with Crippen LogP contribution in [0.3, 0.4) is 0 Å². The molecule has 0 spiro atoms. The van der Waals surface area contributed by atoms with Crippen molar-refractivity contribution in [1.82, 2.24) is 14.8 Å². The van der Waals surface area contributed by atoms with Gasteiger partial charge >= 0.3 is 6.09 Å². The molecule has 9 heteroatoms. The van der Waals surface area contributed by atoms with E-state index in [1.807, 2.05) is 29.1 Å². The Bertz CT molecular complexity index is 1390. The average Bonchev–Trinajstić information content (AvgIpc) is 3.49. The quantitative estimate of drug-likeness (QED) is 0.367. The molecule has 3 N–H and O–H groups in total. The van der Waals surface area contributed by atoms with Gasteiger partial charge in [0.2, 0.25) is 0 Å². The van der Waals surface area contributed by atoms with Gasteiger partial charge in [-0.3, -0.25) is 15.0 Å². The van der Waals surface area contributed by atoms with E-state index in [-0.39, 0.29) is 16.6 Å². The van der Waals surface area contributed by atoms with E-state index in [1.54, 1.807) is 30.6 Å². The van der Waals surface area contributed by atoms with Crippen LogP contribution in [0.4, 0.5) is 20.6 Å². The summed E-state index contributed by atoms with van der Waals surface area (Å²) in [5.74, 6) is -0.539. The van der Waals surface area contributed by atoms with Crippen LogP contribution in [-0.2, 0) is 11.2 Å². The van der Waals surface area contributed by atoms with Crippen LogP contribution >= 0.6 is 11.6 Å². The summed E-state index contributed by atoms with van der Waals surface area (Å²) in [6.07, 6.45) is 6.54. The molecule has 1 amide bonds. The van der Waals surface area contributed by atoms with E-state index in [2.05, 4.69) is 20.1 Å². The van der Waals surface area contributed by atoms with Gasteiger partial charge in [-0.1, -0.05) is 23.7 Å². The summed E-state index contributed by atoms with van der Waals surface area (Å²) < 4.78 is 21.1. The van der Waals surface area contributed by atoms with Gasteiger partial charge in [0.15, 0.2) is 5.82 Å². The number of pyridine rings is 1. The lowest BCUT2D eigenvalue weighted by molar-refractivity contribution is 0.187. The second-order valence-electron chi connectivity index (χ2n) is 8.05. The van der Waals surface area contributed by atoms with Crippen LogP contribution in [0.1, 0.15) is 23.7 Å². The lowest BCUT2D eigenvalue weighted by Crippen LogP contribution is -2.10.